The molecule has 3 heterocycles. The van der Waals surface area contributed by atoms with Crippen LogP contribution in [-0.4, -0.2) is 70.1 Å². The summed E-state index contributed by atoms with van der Waals surface area (Å²) >= 11 is 0. The highest BCUT2D eigenvalue weighted by Crippen LogP contribution is 2.40. The van der Waals surface area contributed by atoms with E-state index in [9.17, 15) is 4.79 Å². The zero-order valence-corrected chi connectivity index (χ0v) is 18.5. The standard InChI is InChI=1S/C23H33N3O5/c1-3-29-21(27)17-6-10-26(11-7-17)22(24-2)25-15-23(8-12-28-13-9-23)18-4-5-19-20(14-18)31-16-30-19/h4-5,14,17H,3,6-13,15-16H2,1-2H3,(H,24,25). The summed E-state index contributed by atoms with van der Waals surface area (Å²) in [5.41, 5.74) is 1.18. The molecule has 0 spiro atoms. The van der Waals surface area contributed by atoms with Crippen LogP contribution in [-0.2, 0) is 19.7 Å². The Bertz CT molecular complexity index is 798. The lowest BCUT2D eigenvalue weighted by molar-refractivity contribution is -0.149. The largest absolute Gasteiger partial charge is 0.466 e. The predicted molar refractivity (Wildman–Crippen MR) is 117 cm³/mol. The fourth-order valence-electron chi connectivity index (χ4n) is 4.72. The average molecular weight is 432 g/mol. The molecule has 4 rings (SSSR count). The van der Waals surface area contributed by atoms with Crippen LogP contribution in [0.3, 0.4) is 0 Å². The molecule has 8 heteroatoms. The molecule has 0 saturated carbocycles. The number of benzene rings is 1. The van der Waals surface area contributed by atoms with Crippen molar-refractivity contribution in [2.24, 2.45) is 10.9 Å². The monoisotopic (exact) mass is 431 g/mol. The van der Waals surface area contributed by atoms with Gasteiger partial charge in [0.25, 0.3) is 0 Å². The number of carbonyl (C=O) groups is 1. The number of hydrogen-bond donors (Lipinski definition) is 1. The quantitative estimate of drug-likeness (QED) is 0.435. The van der Waals surface area contributed by atoms with Gasteiger partial charge in [0, 0.05) is 45.3 Å². The number of nitrogens with zero attached hydrogens (tertiary/aromatic N) is 2. The third kappa shape index (κ3) is 4.74. The van der Waals surface area contributed by atoms with E-state index >= 15 is 0 Å². The maximum absolute atomic E-state index is 12.0. The minimum Gasteiger partial charge on any atom is -0.466 e. The van der Waals surface area contributed by atoms with E-state index in [-0.39, 0.29) is 24.1 Å². The van der Waals surface area contributed by atoms with Crippen LogP contribution in [0.15, 0.2) is 23.2 Å². The maximum Gasteiger partial charge on any atom is 0.309 e. The number of hydrogen-bond acceptors (Lipinski definition) is 6. The molecule has 0 bridgehead atoms. The third-order valence-electron chi connectivity index (χ3n) is 6.65. The molecule has 3 aliphatic rings. The van der Waals surface area contributed by atoms with Crippen LogP contribution < -0.4 is 14.8 Å². The second-order valence-corrected chi connectivity index (χ2v) is 8.37. The first-order valence-electron chi connectivity index (χ1n) is 11.3. The number of ether oxygens (including phenoxy) is 4. The first-order chi connectivity index (χ1) is 15.1. The molecule has 1 N–H and O–H groups in total. The number of carbonyl (C=O) groups excluding carboxylic acids is 1. The molecule has 3 aliphatic heterocycles. The second-order valence-electron chi connectivity index (χ2n) is 8.37. The van der Waals surface area contributed by atoms with Crippen molar-refractivity contribution in [3.8, 4) is 11.5 Å². The highest BCUT2D eigenvalue weighted by atomic mass is 16.7. The number of aliphatic imine (C=N–C) groups is 1. The number of fused-ring (bicyclic) bond motifs is 1. The minimum atomic E-state index is -0.0749. The van der Waals surface area contributed by atoms with Gasteiger partial charge < -0.3 is 29.2 Å². The van der Waals surface area contributed by atoms with Crippen LogP contribution in [0.2, 0.25) is 0 Å². The van der Waals surface area contributed by atoms with Crippen molar-refractivity contribution in [3.63, 3.8) is 0 Å². The van der Waals surface area contributed by atoms with Crippen LogP contribution in [0.5, 0.6) is 11.5 Å². The maximum atomic E-state index is 12.0. The van der Waals surface area contributed by atoms with Crippen molar-refractivity contribution in [3.05, 3.63) is 23.8 Å². The van der Waals surface area contributed by atoms with Gasteiger partial charge in [-0.15, -0.1) is 0 Å². The van der Waals surface area contributed by atoms with Gasteiger partial charge in [-0.3, -0.25) is 9.79 Å². The smallest absolute Gasteiger partial charge is 0.309 e. The summed E-state index contributed by atoms with van der Waals surface area (Å²) in [5, 5.41) is 3.62. The molecule has 1 aromatic carbocycles. The number of rotatable bonds is 5. The van der Waals surface area contributed by atoms with E-state index in [1.165, 1.54) is 5.56 Å². The molecule has 31 heavy (non-hydrogen) atoms. The number of esters is 1. The second kappa shape index (κ2) is 9.77. The molecular weight excluding hydrogens is 398 g/mol. The van der Waals surface area contributed by atoms with Gasteiger partial charge in [-0.1, -0.05) is 6.07 Å². The summed E-state index contributed by atoms with van der Waals surface area (Å²) < 4.78 is 22.0. The zero-order valence-electron chi connectivity index (χ0n) is 18.5. The number of guanidine groups is 1. The van der Waals surface area contributed by atoms with Crippen molar-refractivity contribution in [2.75, 3.05) is 53.3 Å². The van der Waals surface area contributed by atoms with E-state index in [1.54, 1.807) is 0 Å². The van der Waals surface area contributed by atoms with Gasteiger partial charge in [0.2, 0.25) is 6.79 Å². The molecule has 0 radical (unpaired) electrons. The predicted octanol–water partition coefficient (Wildman–Crippen LogP) is 2.31. The van der Waals surface area contributed by atoms with Gasteiger partial charge in [0.05, 0.1) is 12.5 Å². The van der Waals surface area contributed by atoms with Gasteiger partial charge in [-0.05, 0) is 50.3 Å². The lowest BCUT2D eigenvalue weighted by Gasteiger charge is -2.40. The summed E-state index contributed by atoms with van der Waals surface area (Å²) in [6.45, 7) is 6.40. The molecule has 0 unspecified atom stereocenters. The third-order valence-corrected chi connectivity index (χ3v) is 6.65. The molecule has 0 atom stereocenters. The van der Waals surface area contributed by atoms with E-state index in [1.807, 2.05) is 20.0 Å². The number of nitrogens with one attached hydrogen (secondary N) is 1. The summed E-state index contributed by atoms with van der Waals surface area (Å²) in [4.78, 5) is 18.8. The molecule has 1 aromatic rings. The van der Waals surface area contributed by atoms with Crippen molar-refractivity contribution in [1.29, 1.82) is 0 Å². The fourth-order valence-corrected chi connectivity index (χ4v) is 4.72. The Labute approximate surface area is 183 Å². The Kier molecular flexibility index (Phi) is 6.85. The first kappa shape index (κ1) is 21.7. The highest BCUT2D eigenvalue weighted by molar-refractivity contribution is 5.80. The zero-order chi connectivity index (χ0) is 21.7. The normalized spacial score (nSPS) is 21.1. The molecule has 2 saturated heterocycles. The molecule has 170 valence electrons. The Morgan fingerprint density at radius 2 is 1.97 bits per heavy atom. The van der Waals surface area contributed by atoms with Crippen molar-refractivity contribution < 1.29 is 23.7 Å². The molecule has 0 aliphatic carbocycles. The SMILES string of the molecule is CCOC(=O)C1CCN(C(=NC)NCC2(c3ccc4c(c3)OCO4)CCOCC2)CC1. The van der Waals surface area contributed by atoms with Gasteiger partial charge in [0.15, 0.2) is 17.5 Å². The summed E-state index contributed by atoms with van der Waals surface area (Å²) in [7, 11) is 1.82. The summed E-state index contributed by atoms with van der Waals surface area (Å²) in [6, 6.07) is 6.26. The van der Waals surface area contributed by atoms with Crippen molar-refractivity contribution in [2.45, 2.75) is 38.0 Å². The van der Waals surface area contributed by atoms with Crippen LogP contribution >= 0.6 is 0 Å². The molecule has 0 amide bonds. The van der Waals surface area contributed by atoms with E-state index in [0.717, 1.165) is 76.0 Å². The minimum absolute atomic E-state index is 0.00947. The van der Waals surface area contributed by atoms with Gasteiger partial charge in [-0.25, -0.2) is 0 Å². The van der Waals surface area contributed by atoms with E-state index in [4.69, 9.17) is 18.9 Å². The Balaban J connectivity index is 1.42. The Hall–Kier alpha value is -2.48. The molecular formula is C23H33N3O5. The van der Waals surface area contributed by atoms with Crippen LogP contribution in [0.1, 0.15) is 38.2 Å². The Morgan fingerprint density at radius 3 is 2.68 bits per heavy atom. The average Bonchev–Trinajstić information content (AvgIpc) is 3.29. The van der Waals surface area contributed by atoms with Crippen LogP contribution in [0.4, 0.5) is 0 Å². The van der Waals surface area contributed by atoms with E-state index in [2.05, 4.69) is 27.3 Å². The van der Waals surface area contributed by atoms with Gasteiger partial charge in [-0.2, -0.15) is 0 Å². The van der Waals surface area contributed by atoms with Crippen molar-refractivity contribution in [1.82, 2.24) is 10.2 Å². The molecule has 2 fully saturated rings. The fraction of sp³-hybridized carbons (Fsp3) is 0.652. The summed E-state index contributed by atoms with van der Waals surface area (Å²) in [5.74, 6) is 2.42. The lowest BCUT2D eigenvalue weighted by atomic mass is 9.74. The van der Waals surface area contributed by atoms with E-state index in [0.29, 0.717) is 6.61 Å². The highest BCUT2D eigenvalue weighted by Gasteiger charge is 2.36. The van der Waals surface area contributed by atoms with Gasteiger partial charge in [0.1, 0.15) is 0 Å². The topological polar surface area (TPSA) is 81.6 Å². The van der Waals surface area contributed by atoms with Crippen molar-refractivity contribution >= 4 is 11.9 Å². The van der Waals surface area contributed by atoms with Crippen LogP contribution in [0, 0.1) is 5.92 Å². The van der Waals surface area contributed by atoms with Gasteiger partial charge >= 0.3 is 5.97 Å². The molecule has 8 nitrogen and oxygen atoms in total. The van der Waals surface area contributed by atoms with Crippen LogP contribution in [0.25, 0.3) is 0 Å². The lowest BCUT2D eigenvalue weighted by Crippen LogP contribution is -2.51. The summed E-state index contributed by atoms with van der Waals surface area (Å²) in [6.07, 6.45) is 3.45. The number of likely N-dealkylation sites (tertiary alicyclic amines) is 1. The number of piperidine rings is 1. The molecule has 0 aromatic heterocycles. The Morgan fingerprint density at radius 1 is 1.23 bits per heavy atom. The van der Waals surface area contributed by atoms with E-state index < -0.39 is 0 Å². The first-order valence-corrected chi connectivity index (χ1v) is 11.3.